The third kappa shape index (κ3) is 3.29. The minimum atomic E-state index is -0.324. The minimum absolute atomic E-state index is 0.0809. The highest BCUT2D eigenvalue weighted by atomic mass is 79.9. The summed E-state index contributed by atoms with van der Waals surface area (Å²) in [5, 5.41) is 0. The first-order valence-electron chi connectivity index (χ1n) is 6.16. The standard InChI is InChI=1S/C16H16BrNO/c1-10-6-11(2)8-14(7-10)16(19)15(17)13-4-5-18-12(3)9-13/h4-9,15H,1-3H3. The topological polar surface area (TPSA) is 30.0 Å². The molecule has 1 aromatic heterocycles. The fourth-order valence-corrected chi connectivity index (χ4v) is 2.69. The van der Waals surface area contributed by atoms with E-state index in [1.165, 1.54) is 0 Å². The Balaban J connectivity index is 2.33. The van der Waals surface area contributed by atoms with Gasteiger partial charge < -0.3 is 0 Å². The highest BCUT2D eigenvalue weighted by Gasteiger charge is 2.19. The highest BCUT2D eigenvalue weighted by molar-refractivity contribution is 9.09. The number of carbonyl (C=O) groups is 1. The van der Waals surface area contributed by atoms with Gasteiger partial charge in [0.25, 0.3) is 0 Å². The zero-order valence-corrected chi connectivity index (χ0v) is 12.9. The zero-order valence-electron chi connectivity index (χ0n) is 11.3. The molecular formula is C16H16BrNO. The number of Topliss-reactive ketones (excluding diaryl/α,β-unsaturated/α-hetero) is 1. The second-order valence-corrected chi connectivity index (χ2v) is 5.75. The second-order valence-electron chi connectivity index (χ2n) is 4.83. The predicted molar refractivity (Wildman–Crippen MR) is 80.9 cm³/mol. The van der Waals surface area contributed by atoms with Gasteiger partial charge in [-0.3, -0.25) is 9.78 Å². The van der Waals surface area contributed by atoms with Gasteiger partial charge in [-0.05, 0) is 50.6 Å². The van der Waals surface area contributed by atoms with E-state index >= 15 is 0 Å². The molecule has 0 saturated heterocycles. The van der Waals surface area contributed by atoms with Crippen LogP contribution in [0.3, 0.4) is 0 Å². The quantitative estimate of drug-likeness (QED) is 0.623. The van der Waals surface area contributed by atoms with Gasteiger partial charge >= 0.3 is 0 Å². The van der Waals surface area contributed by atoms with E-state index in [9.17, 15) is 4.79 Å². The Kier molecular flexibility index (Phi) is 4.15. The van der Waals surface area contributed by atoms with Crippen LogP contribution in [-0.4, -0.2) is 10.8 Å². The van der Waals surface area contributed by atoms with Crippen LogP contribution in [0.4, 0.5) is 0 Å². The molecule has 0 aliphatic heterocycles. The molecule has 2 aromatic rings. The molecule has 0 radical (unpaired) electrons. The number of nitrogens with zero attached hydrogens (tertiary/aromatic N) is 1. The van der Waals surface area contributed by atoms with Gasteiger partial charge in [-0.2, -0.15) is 0 Å². The fraction of sp³-hybridized carbons (Fsp3) is 0.250. The van der Waals surface area contributed by atoms with Crippen LogP contribution in [0.2, 0.25) is 0 Å². The average molecular weight is 318 g/mol. The molecule has 0 fully saturated rings. The van der Waals surface area contributed by atoms with Crippen LogP contribution in [-0.2, 0) is 0 Å². The van der Waals surface area contributed by atoms with Crippen molar-refractivity contribution in [3.05, 3.63) is 64.5 Å². The van der Waals surface area contributed by atoms with Crippen molar-refractivity contribution in [3.63, 3.8) is 0 Å². The third-order valence-electron chi connectivity index (χ3n) is 2.95. The molecule has 2 nitrogen and oxygen atoms in total. The summed E-state index contributed by atoms with van der Waals surface area (Å²) in [5.41, 5.74) is 4.81. The molecule has 2 rings (SSSR count). The van der Waals surface area contributed by atoms with Gasteiger partial charge in [-0.15, -0.1) is 0 Å². The summed E-state index contributed by atoms with van der Waals surface area (Å²) < 4.78 is 0. The van der Waals surface area contributed by atoms with Crippen LogP contribution < -0.4 is 0 Å². The van der Waals surface area contributed by atoms with Crippen LogP contribution in [0.25, 0.3) is 0 Å². The van der Waals surface area contributed by atoms with Gasteiger partial charge in [0.05, 0.1) is 0 Å². The van der Waals surface area contributed by atoms with Crippen LogP contribution in [0.1, 0.15) is 37.6 Å². The molecular weight excluding hydrogens is 302 g/mol. The number of alkyl halides is 1. The van der Waals surface area contributed by atoms with Gasteiger partial charge in [0.1, 0.15) is 4.83 Å². The largest absolute Gasteiger partial charge is 0.293 e. The van der Waals surface area contributed by atoms with Gasteiger partial charge in [0, 0.05) is 17.5 Å². The maximum atomic E-state index is 12.5. The van der Waals surface area contributed by atoms with Gasteiger partial charge in [-0.25, -0.2) is 0 Å². The third-order valence-corrected chi connectivity index (χ3v) is 3.89. The molecule has 0 spiro atoms. The zero-order chi connectivity index (χ0) is 14.0. The average Bonchev–Trinajstić information content (AvgIpc) is 2.36. The van der Waals surface area contributed by atoms with Gasteiger partial charge in [0.2, 0.25) is 0 Å². The molecule has 19 heavy (non-hydrogen) atoms. The van der Waals surface area contributed by atoms with Crippen molar-refractivity contribution in [1.82, 2.24) is 4.98 Å². The number of carbonyl (C=O) groups excluding carboxylic acids is 1. The van der Waals surface area contributed by atoms with Gasteiger partial charge in [0.15, 0.2) is 5.78 Å². The number of aromatic nitrogens is 1. The van der Waals surface area contributed by atoms with Crippen molar-refractivity contribution in [2.75, 3.05) is 0 Å². The summed E-state index contributed by atoms with van der Waals surface area (Å²) in [6, 6.07) is 9.72. The lowest BCUT2D eigenvalue weighted by Gasteiger charge is -2.11. The molecule has 0 saturated carbocycles. The molecule has 3 heteroatoms. The molecule has 98 valence electrons. The molecule has 1 atom stereocenters. The van der Waals surface area contributed by atoms with E-state index in [0.29, 0.717) is 0 Å². The lowest BCUT2D eigenvalue weighted by atomic mass is 9.99. The Morgan fingerprint density at radius 3 is 2.32 bits per heavy atom. The van der Waals surface area contributed by atoms with Crippen LogP contribution in [0, 0.1) is 20.8 Å². The summed E-state index contributed by atoms with van der Waals surface area (Å²) in [6.07, 6.45) is 1.73. The molecule has 1 heterocycles. The first kappa shape index (κ1) is 13.9. The summed E-state index contributed by atoms with van der Waals surface area (Å²) in [4.78, 5) is 16.3. The number of rotatable bonds is 3. The Hall–Kier alpha value is -1.48. The molecule has 0 aliphatic rings. The highest BCUT2D eigenvalue weighted by Crippen LogP contribution is 2.27. The Morgan fingerprint density at radius 1 is 1.11 bits per heavy atom. The number of halogens is 1. The maximum absolute atomic E-state index is 12.5. The van der Waals surface area contributed by atoms with Crippen LogP contribution in [0.5, 0.6) is 0 Å². The second kappa shape index (κ2) is 5.66. The maximum Gasteiger partial charge on any atom is 0.180 e. The van der Waals surface area contributed by atoms with Gasteiger partial charge in [-0.1, -0.05) is 33.1 Å². The number of aryl methyl sites for hydroxylation is 3. The Bertz CT molecular complexity index is 602. The SMILES string of the molecule is Cc1cc(C)cc(C(=O)C(Br)c2ccnc(C)c2)c1. The van der Waals surface area contributed by atoms with E-state index in [-0.39, 0.29) is 10.6 Å². The van der Waals surface area contributed by atoms with Crippen molar-refractivity contribution >= 4 is 21.7 Å². The molecule has 0 N–H and O–H groups in total. The van der Waals surface area contributed by atoms with E-state index in [0.717, 1.165) is 27.9 Å². The van der Waals surface area contributed by atoms with Crippen LogP contribution >= 0.6 is 15.9 Å². The summed E-state index contributed by atoms with van der Waals surface area (Å²) in [7, 11) is 0. The molecule has 1 unspecified atom stereocenters. The Morgan fingerprint density at radius 2 is 1.74 bits per heavy atom. The van der Waals surface area contributed by atoms with E-state index in [4.69, 9.17) is 0 Å². The first-order chi connectivity index (χ1) is 8.97. The number of benzene rings is 1. The van der Waals surface area contributed by atoms with E-state index in [1.807, 2.05) is 45.0 Å². The molecule has 0 amide bonds. The number of ketones is 1. The smallest absolute Gasteiger partial charge is 0.180 e. The first-order valence-corrected chi connectivity index (χ1v) is 7.08. The summed E-state index contributed by atoms with van der Waals surface area (Å²) >= 11 is 3.49. The lowest BCUT2D eigenvalue weighted by molar-refractivity contribution is 0.0991. The minimum Gasteiger partial charge on any atom is -0.293 e. The molecule has 0 aliphatic carbocycles. The summed E-state index contributed by atoms with van der Waals surface area (Å²) in [5.74, 6) is 0.0809. The van der Waals surface area contributed by atoms with E-state index < -0.39 is 0 Å². The molecule has 1 aromatic carbocycles. The van der Waals surface area contributed by atoms with Crippen molar-refractivity contribution in [3.8, 4) is 0 Å². The Labute approximate surface area is 122 Å². The van der Waals surface area contributed by atoms with E-state index in [1.54, 1.807) is 6.20 Å². The molecule has 0 bridgehead atoms. The van der Waals surface area contributed by atoms with Crippen molar-refractivity contribution in [2.45, 2.75) is 25.6 Å². The number of pyridine rings is 1. The normalized spacial score (nSPS) is 12.2. The number of hydrogen-bond donors (Lipinski definition) is 0. The monoisotopic (exact) mass is 317 g/mol. The van der Waals surface area contributed by atoms with Crippen LogP contribution in [0.15, 0.2) is 36.5 Å². The van der Waals surface area contributed by atoms with Crippen molar-refractivity contribution in [1.29, 1.82) is 0 Å². The predicted octanol–water partition coefficient (Wildman–Crippen LogP) is 4.33. The summed E-state index contributed by atoms with van der Waals surface area (Å²) in [6.45, 7) is 5.93. The van der Waals surface area contributed by atoms with Crippen molar-refractivity contribution in [2.24, 2.45) is 0 Å². The fourth-order valence-electron chi connectivity index (χ4n) is 2.14. The van der Waals surface area contributed by atoms with E-state index in [2.05, 4.69) is 27.0 Å². The van der Waals surface area contributed by atoms with Crippen molar-refractivity contribution < 1.29 is 4.79 Å². The number of hydrogen-bond acceptors (Lipinski definition) is 2. The lowest BCUT2D eigenvalue weighted by Crippen LogP contribution is -2.08.